The number of hydrogen-bond acceptors (Lipinski definition) is 5. The molecule has 0 amide bonds. The summed E-state index contributed by atoms with van der Waals surface area (Å²) in [5, 5.41) is 4.92. The minimum Gasteiger partial charge on any atom is -0.465 e. The number of nitrogens with zero attached hydrogens (tertiary/aromatic N) is 1. The van der Waals surface area contributed by atoms with Crippen molar-refractivity contribution in [1.29, 1.82) is 0 Å². The topological polar surface area (TPSA) is 60.5 Å². The Morgan fingerprint density at radius 3 is 2.32 bits per heavy atom. The van der Waals surface area contributed by atoms with Crippen LogP contribution in [0.2, 0.25) is 0 Å². The summed E-state index contributed by atoms with van der Waals surface area (Å²) in [4.78, 5) is 16.1. The second-order valence-electron chi connectivity index (χ2n) is 7.62. The molecule has 8 heteroatoms. The molecule has 0 aliphatic heterocycles. The Labute approximate surface area is 194 Å². The first-order valence-corrected chi connectivity index (χ1v) is 10.4. The van der Waals surface area contributed by atoms with Gasteiger partial charge < -0.3 is 14.8 Å². The fraction of sp³-hybridized carbons (Fsp3) is 0.154. The first-order chi connectivity index (χ1) is 16.3. The van der Waals surface area contributed by atoms with Gasteiger partial charge in [0.25, 0.3) is 0 Å². The number of hydrogen-bond donors (Lipinski definition) is 1. The highest BCUT2D eigenvalue weighted by Gasteiger charge is 2.30. The van der Waals surface area contributed by atoms with Crippen molar-refractivity contribution in [2.24, 2.45) is 0 Å². The SMILES string of the molecule is COC(=O)c1ccc([C@H](C)Nc2nccc3cccc(Oc4ccc(C(F)(F)F)cc4)c23)cc1. The van der Waals surface area contributed by atoms with E-state index in [-0.39, 0.29) is 11.8 Å². The molecule has 1 aromatic heterocycles. The van der Waals surface area contributed by atoms with E-state index in [1.165, 1.54) is 19.2 Å². The molecule has 174 valence electrons. The maximum Gasteiger partial charge on any atom is 0.416 e. The van der Waals surface area contributed by atoms with E-state index in [2.05, 4.69) is 10.3 Å². The van der Waals surface area contributed by atoms with Crippen molar-refractivity contribution >= 4 is 22.6 Å². The molecule has 0 unspecified atom stereocenters. The van der Waals surface area contributed by atoms with E-state index in [4.69, 9.17) is 9.47 Å². The van der Waals surface area contributed by atoms with E-state index < -0.39 is 17.7 Å². The Kier molecular flexibility index (Phi) is 6.40. The highest BCUT2D eigenvalue weighted by Crippen LogP contribution is 2.36. The number of alkyl halides is 3. The number of rotatable bonds is 6. The minimum atomic E-state index is -4.41. The van der Waals surface area contributed by atoms with Gasteiger partial charge in [-0.05, 0) is 66.4 Å². The van der Waals surface area contributed by atoms with E-state index in [1.54, 1.807) is 30.5 Å². The van der Waals surface area contributed by atoms with E-state index in [0.717, 1.165) is 23.1 Å². The molecule has 0 radical (unpaired) electrons. The second kappa shape index (κ2) is 9.43. The van der Waals surface area contributed by atoms with Gasteiger partial charge in [-0.2, -0.15) is 13.2 Å². The molecule has 1 atom stereocenters. The lowest BCUT2D eigenvalue weighted by molar-refractivity contribution is -0.137. The summed E-state index contributed by atoms with van der Waals surface area (Å²) in [7, 11) is 1.33. The molecule has 1 heterocycles. The third-order valence-corrected chi connectivity index (χ3v) is 5.35. The number of methoxy groups -OCH3 is 1. The summed E-state index contributed by atoms with van der Waals surface area (Å²) in [6.45, 7) is 1.95. The first kappa shape index (κ1) is 23.1. The molecule has 4 rings (SSSR count). The van der Waals surface area contributed by atoms with Gasteiger partial charge in [-0.15, -0.1) is 0 Å². The minimum absolute atomic E-state index is 0.163. The molecular weight excluding hydrogens is 445 g/mol. The Hall–Kier alpha value is -4.07. The maximum absolute atomic E-state index is 12.9. The zero-order chi connectivity index (χ0) is 24.3. The summed E-state index contributed by atoms with van der Waals surface area (Å²) < 4.78 is 49.3. The van der Waals surface area contributed by atoms with Gasteiger partial charge in [0.05, 0.1) is 23.6 Å². The third-order valence-electron chi connectivity index (χ3n) is 5.35. The molecule has 0 bridgehead atoms. The summed E-state index contributed by atoms with van der Waals surface area (Å²) in [6, 6.07) is 18.7. The van der Waals surface area contributed by atoms with Crippen molar-refractivity contribution in [2.75, 3.05) is 12.4 Å². The summed E-state index contributed by atoms with van der Waals surface area (Å²) in [5.74, 6) is 0.889. The number of anilines is 1. The van der Waals surface area contributed by atoms with Gasteiger partial charge >= 0.3 is 12.1 Å². The standard InChI is InChI=1S/C26H21F3N2O3/c1-16(17-6-8-19(9-7-17)25(32)33-2)31-24-23-18(14-15-30-24)4-3-5-22(23)34-21-12-10-20(11-13-21)26(27,28)29/h3-16H,1-2H3,(H,30,31)/t16-/m0/s1. The van der Waals surface area contributed by atoms with Crippen LogP contribution < -0.4 is 10.1 Å². The van der Waals surface area contributed by atoms with Crippen LogP contribution in [0.4, 0.5) is 19.0 Å². The summed E-state index contributed by atoms with van der Waals surface area (Å²) in [5.41, 5.74) is 0.635. The molecule has 0 saturated carbocycles. The molecule has 0 fully saturated rings. The van der Waals surface area contributed by atoms with Crippen LogP contribution in [0.3, 0.4) is 0 Å². The monoisotopic (exact) mass is 466 g/mol. The van der Waals surface area contributed by atoms with Crippen molar-refractivity contribution in [1.82, 2.24) is 4.98 Å². The number of ether oxygens (including phenoxy) is 2. The van der Waals surface area contributed by atoms with E-state index in [9.17, 15) is 18.0 Å². The largest absolute Gasteiger partial charge is 0.465 e. The Morgan fingerprint density at radius 2 is 1.68 bits per heavy atom. The van der Waals surface area contributed by atoms with Crippen LogP contribution in [0.25, 0.3) is 10.8 Å². The number of benzene rings is 3. The Morgan fingerprint density at radius 1 is 0.971 bits per heavy atom. The molecule has 0 saturated heterocycles. The highest BCUT2D eigenvalue weighted by atomic mass is 19.4. The first-order valence-electron chi connectivity index (χ1n) is 10.4. The molecule has 4 aromatic rings. The predicted molar refractivity (Wildman–Crippen MR) is 123 cm³/mol. The van der Waals surface area contributed by atoms with Crippen molar-refractivity contribution in [3.8, 4) is 11.5 Å². The fourth-order valence-electron chi connectivity index (χ4n) is 3.54. The van der Waals surface area contributed by atoms with Crippen molar-refractivity contribution < 1.29 is 27.4 Å². The van der Waals surface area contributed by atoms with Gasteiger partial charge in [-0.1, -0.05) is 24.3 Å². The van der Waals surface area contributed by atoms with Gasteiger partial charge in [0.1, 0.15) is 17.3 Å². The smallest absolute Gasteiger partial charge is 0.416 e. The molecule has 34 heavy (non-hydrogen) atoms. The van der Waals surface area contributed by atoms with Crippen molar-refractivity contribution in [3.63, 3.8) is 0 Å². The average molecular weight is 466 g/mol. The van der Waals surface area contributed by atoms with E-state index in [1.807, 2.05) is 31.2 Å². The van der Waals surface area contributed by atoms with Gasteiger partial charge in [-0.25, -0.2) is 9.78 Å². The number of nitrogens with one attached hydrogen (secondary N) is 1. The van der Waals surface area contributed by atoms with E-state index >= 15 is 0 Å². The lowest BCUT2D eigenvalue weighted by Gasteiger charge is -2.18. The zero-order valence-electron chi connectivity index (χ0n) is 18.4. The van der Waals surface area contributed by atoms with Crippen LogP contribution in [-0.2, 0) is 10.9 Å². The molecule has 0 spiro atoms. The van der Waals surface area contributed by atoms with Gasteiger partial charge in [-0.3, -0.25) is 0 Å². The number of esters is 1. The molecule has 1 N–H and O–H groups in total. The van der Waals surface area contributed by atoms with Gasteiger partial charge in [0.15, 0.2) is 0 Å². The molecule has 0 aliphatic rings. The summed E-state index contributed by atoms with van der Waals surface area (Å²) >= 11 is 0. The maximum atomic E-state index is 12.9. The number of fused-ring (bicyclic) bond motifs is 1. The lowest BCUT2D eigenvalue weighted by Crippen LogP contribution is -2.09. The number of carbonyl (C=O) groups is 1. The van der Waals surface area contributed by atoms with Crippen molar-refractivity contribution in [2.45, 2.75) is 19.1 Å². The van der Waals surface area contributed by atoms with Crippen LogP contribution in [0.1, 0.15) is 34.5 Å². The van der Waals surface area contributed by atoms with Gasteiger partial charge in [0.2, 0.25) is 0 Å². The number of carbonyl (C=O) groups excluding carboxylic acids is 1. The quantitative estimate of drug-likeness (QED) is 0.310. The van der Waals surface area contributed by atoms with E-state index in [0.29, 0.717) is 22.5 Å². The third kappa shape index (κ3) is 4.96. The van der Waals surface area contributed by atoms with Crippen LogP contribution >= 0.6 is 0 Å². The summed E-state index contributed by atoms with van der Waals surface area (Å²) in [6.07, 6.45) is -2.75. The normalized spacial score (nSPS) is 12.3. The average Bonchev–Trinajstić information content (AvgIpc) is 2.83. The second-order valence-corrected chi connectivity index (χ2v) is 7.62. The molecule has 0 aliphatic carbocycles. The number of halogens is 3. The van der Waals surface area contributed by atoms with Crippen LogP contribution in [0, 0.1) is 0 Å². The highest BCUT2D eigenvalue weighted by molar-refractivity contribution is 5.97. The Balaban J connectivity index is 1.62. The zero-order valence-corrected chi connectivity index (χ0v) is 18.4. The molecule has 3 aromatic carbocycles. The molecule has 5 nitrogen and oxygen atoms in total. The lowest BCUT2D eigenvalue weighted by atomic mass is 10.1. The van der Waals surface area contributed by atoms with Crippen LogP contribution in [-0.4, -0.2) is 18.1 Å². The number of pyridine rings is 1. The van der Waals surface area contributed by atoms with Crippen molar-refractivity contribution in [3.05, 3.63) is 95.7 Å². The van der Waals surface area contributed by atoms with Gasteiger partial charge in [0, 0.05) is 12.2 Å². The fourth-order valence-corrected chi connectivity index (χ4v) is 3.54. The Bertz CT molecular complexity index is 1300. The van der Waals surface area contributed by atoms with Crippen LogP contribution in [0.5, 0.6) is 11.5 Å². The molecular formula is C26H21F3N2O3. The predicted octanol–water partition coefficient (Wildman–Crippen LogP) is 7.01. The number of aromatic nitrogens is 1. The van der Waals surface area contributed by atoms with Crippen LogP contribution in [0.15, 0.2) is 79.0 Å².